The van der Waals surface area contributed by atoms with E-state index in [1.165, 1.54) is 0 Å². The molecule has 0 saturated carbocycles. The molecule has 2 aliphatic heterocycles. The van der Waals surface area contributed by atoms with Crippen LogP contribution in [0.4, 0.5) is 0 Å². The molecule has 432 valence electrons. The summed E-state index contributed by atoms with van der Waals surface area (Å²) in [6.07, 6.45) is 6.44. The van der Waals surface area contributed by atoms with Crippen LogP contribution < -0.4 is 21.3 Å². The van der Waals surface area contributed by atoms with Gasteiger partial charge in [0.2, 0.25) is 35.4 Å². The second-order valence-corrected chi connectivity index (χ2v) is 24.3. The summed E-state index contributed by atoms with van der Waals surface area (Å²) in [6.45, 7) is 19.4. The molecule has 0 radical (unpaired) electrons. The number of likely N-dealkylation sites (tertiary alicyclic amines) is 2. The zero-order valence-corrected chi connectivity index (χ0v) is 49.3. The van der Waals surface area contributed by atoms with E-state index in [0.717, 1.165) is 62.7 Å². The summed E-state index contributed by atoms with van der Waals surface area (Å²) in [6, 6.07) is 13.2. The topological polar surface area (TPSA) is 220 Å². The largest absolute Gasteiger partial charge is 0.381 e. The van der Waals surface area contributed by atoms with Crippen LogP contribution in [-0.4, -0.2) is 145 Å². The first kappa shape index (κ1) is 62.6. The number of hydrogen-bond donors (Lipinski definition) is 4. The van der Waals surface area contributed by atoms with Crippen molar-refractivity contribution in [1.82, 2.24) is 41.0 Å². The van der Waals surface area contributed by atoms with Gasteiger partial charge in [-0.15, -0.1) is 22.7 Å². The van der Waals surface area contributed by atoms with Gasteiger partial charge in [0.05, 0.1) is 32.2 Å². The van der Waals surface area contributed by atoms with Crippen molar-refractivity contribution < 1.29 is 47.7 Å². The molecule has 79 heavy (non-hydrogen) atoms. The molecule has 20 heteroatoms. The van der Waals surface area contributed by atoms with E-state index in [0.29, 0.717) is 104 Å². The van der Waals surface area contributed by atoms with Gasteiger partial charge in [0.25, 0.3) is 0 Å². The van der Waals surface area contributed by atoms with Gasteiger partial charge in [0, 0.05) is 65.8 Å². The van der Waals surface area contributed by atoms with Gasteiger partial charge in [-0.2, -0.15) is 0 Å². The van der Waals surface area contributed by atoms with Crippen LogP contribution in [0.5, 0.6) is 0 Å². The third-order valence-corrected chi connectivity index (χ3v) is 16.0. The van der Waals surface area contributed by atoms with Gasteiger partial charge in [-0.1, -0.05) is 90.1 Å². The van der Waals surface area contributed by atoms with Gasteiger partial charge in [0.15, 0.2) is 0 Å². The summed E-state index contributed by atoms with van der Waals surface area (Å²) in [4.78, 5) is 94.8. The lowest BCUT2D eigenvalue weighted by atomic mass is 9.85. The molecule has 6 rings (SSSR count). The Bertz CT molecular complexity index is 2420. The highest BCUT2D eigenvalue weighted by atomic mass is 32.1. The molecule has 0 bridgehead atoms. The maximum Gasteiger partial charge on any atom is 0.246 e. The third-order valence-electron chi connectivity index (χ3n) is 14.1. The van der Waals surface area contributed by atoms with Crippen molar-refractivity contribution in [3.05, 3.63) is 82.1 Å². The molecule has 4 atom stereocenters. The van der Waals surface area contributed by atoms with Crippen molar-refractivity contribution in [3.8, 4) is 20.9 Å². The molecule has 4 N–H and O–H groups in total. The van der Waals surface area contributed by atoms with Gasteiger partial charge in [-0.25, -0.2) is 9.97 Å². The second kappa shape index (κ2) is 30.8. The van der Waals surface area contributed by atoms with Crippen molar-refractivity contribution in [2.24, 2.45) is 10.8 Å². The highest BCUT2D eigenvalue weighted by molar-refractivity contribution is 7.13. The van der Waals surface area contributed by atoms with E-state index in [9.17, 15) is 28.8 Å². The van der Waals surface area contributed by atoms with E-state index in [-0.39, 0.29) is 36.8 Å². The molecular formula is C59H84N8O10S2. The Balaban J connectivity index is 0.759. The average molecular weight is 1130 g/mol. The minimum atomic E-state index is -0.832. The molecule has 0 unspecified atom stereocenters. The quantitative estimate of drug-likeness (QED) is 0.0372. The molecule has 2 aliphatic rings. The Kier molecular flexibility index (Phi) is 24.4. The van der Waals surface area contributed by atoms with Crippen LogP contribution in [0.15, 0.2) is 59.6 Å². The Morgan fingerprint density at radius 2 is 0.911 bits per heavy atom. The predicted molar refractivity (Wildman–Crippen MR) is 307 cm³/mol. The van der Waals surface area contributed by atoms with Crippen molar-refractivity contribution in [3.63, 3.8) is 0 Å². The van der Waals surface area contributed by atoms with Crippen LogP contribution in [0.25, 0.3) is 20.9 Å². The minimum Gasteiger partial charge on any atom is -0.381 e. The highest BCUT2D eigenvalue weighted by Crippen LogP contribution is 2.30. The molecule has 4 heterocycles. The van der Waals surface area contributed by atoms with E-state index < -0.39 is 46.8 Å². The Labute approximate surface area is 474 Å². The molecule has 2 aromatic carbocycles. The van der Waals surface area contributed by atoms with Crippen molar-refractivity contribution in [1.29, 1.82) is 0 Å². The molecule has 18 nitrogen and oxygen atoms in total. The summed E-state index contributed by atoms with van der Waals surface area (Å²) >= 11 is 3.19. The van der Waals surface area contributed by atoms with Crippen LogP contribution in [0.3, 0.4) is 0 Å². The first-order valence-electron chi connectivity index (χ1n) is 27.9. The minimum absolute atomic E-state index is 0.191. The van der Waals surface area contributed by atoms with Crippen molar-refractivity contribution >= 4 is 58.1 Å². The Morgan fingerprint density at radius 1 is 0.544 bits per heavy atom. The summed E-state index contributed by atoms with van der Waals surface area (Å²) in [7, 11) is 0. The summed E-state index contributed by atoms with van der Waals surface area (Å²) < 4.78 is 22.8. The molecule has 0 aliphatic carbocycles. The van der Waals surface area contributed by atoms with Crippen molar-refractivity contribution in [2.75, 3.05) is 65.9 Å². The van der Waals surface area contributed by atoms with Crippen LogP contribution in [0, 0.1) is 24.7 Å². The number of thiazole rings is 2. The van der Waals surface area contributed by atoms with E-state index in [2.05, 4.69) is 31.2 Å². The lowest BCUT2D eigenvalue weighted by molar-refractivity contribution is -0.144. The fourth-order valence-corrected chi connectivity index (χ4v) is 11.2. The number of amides is 6. The van der Waals surface area contributed by atoms with Gasteiger partial charge >= 0.3 is 0 Å². The number of carbonyl (C=O) groups excluding carboxylic acids is 6. The standard InChI is InChI=1S/C59H84N8O10S2/c1-40-50(78-38-62-40)44-22-18-42(19-23-44)34-60-54(70)46-16-12-26-66(46)56(72)52(58(3,4)5)64-48(68)36-76-32-14-30-74-28-10-9-11-29-75-31-15-33-77-37-49(69)65-53(59(6,7)8)57(73)67-27-13-17-47(67)55(71)61-35-43-20-24-45(25-21-43)51-41(2)63-39-79-51/h18-25,38-39,46-47,52-53H,9-17,26-37H2,1-8H3,(H,60,70)(H,61,71)(H,64,68)(H,65,69)/t46-,47-,52+,53+/m0/s1. The van der Waals surface area contributed by atoms with E-state index in [1.54, 1.807) is 32.5 Å². The van der Waals surface area contributed by atoms with Crippen LogP contribution in [-0.2, 0) is 60.8 Å². The number of unbranched alkanes of at least 4 members (excludes halogenated alkanes) is 2. The second-order valence-electron chi connectivity index (χ2n) is 22.6. The zero-order valence-electron chi connectivity index (χ0n) is 47.6. The lowest BCUT2D eigenvalue weighted by Crippen LogP contribution is -2.58. The van der Waals surface area contributed by atoms with Crippen LogP contribution in [0.1, 0.15) is 122 Å². The Morgan fingerprint density at radius 3 is 1.27 bits per heavy atom. The number of rotatable bonds is 30. The average Bonchev–Trinajstić information content (AvgIpc) is 4.33. The zero-order chi connectivity index (χ0) is 57.0. The molecule has 2 aromatic heterocycles. The summed E-state index contributed by atoms with van der Waals surface area (Å²) in [5, 5.41) is 11.8. The SMILES string of the molecule is Cc1ncsc1-c1ccc(CNC(=O)[C@@H]2CCCN2C(=O)[C@@H](NC(=O)COCCCOCCCCCOCCCOCC(=O)N[C@H](C(=O)N2CCC[C@H]2C(=O)NCc2ccc(-c3scnc3C)cc2)C(C)(C)C)C(C)(C)C)cc1. The maximum absolute atomic E-state index is 13.9. The molecule has 6 amide bonds. The summed E-state index contributed by atoms with van der Waals surface area (Å²) in [5.74, 6) is -1.75. The molecular weight excluding hydrogens is 1040 g/mol. The predicted octanol–water partition coefficient (Wildman–Crippen LogP) is 7.54. The number of aryl methyl sites for hydroxylation is 2. The molecule has 4 aromatic rings. The van der Waals surface area contributed by atoms with Gasteiger partial charge < -0.3 is 50.0 Å². The molecule has 0 spiro atoms. The Hall–Kier alpha value is -5.64. The van der Waals surface area contributed by atoms with E-state index in [4.69, 9.17) is 18.9 Å². The van der Waals surface area contributed by atoms with E-state index >= 15 is 0 Å². The number of aromatic nitrogens is 2. The lowest BCUT2D eigenvalue weighted by Gasteiger charge is -2.35. The van der Waals surface area contributed by atoms with Crippen LogP contribution in [0.2, 0.25) is 0 Å². The van der Waals surface area contributed by atoms with Crippen molar-refractivity contribution in [2.45, 2.75) is 150 Å². The first-order chi connectivity index (χ1) is 37.8. The normalized spacial score (nSPS) is 16.4. The van der Waals surface area contributed by atoms with Gasteiger partial charge in [0.1, 0.15) is 37.4 Å². The number of nitrogens with zero attached hydrogens (tertiary/aromatic N) is 4. The highest BCUT2D eigenvalue weighted by Gasteiger charge is 2.43. The number of carbonyl (C=O) groups is 6. The smallest absolute Gasteiger partial charge is 0.246 e. The number of ether oxygens (including phenoxy) is 4. The van der Waals surface area contributed by atoms with E-state index in [1.807, 2.05) is 115 Å². The van der Waals surface area contributed by atoms with Gasteiger partial charge in [-0.3, -0.25) is 28.8 Å². The molecule has 2 saturated heterocycles. The maximum atomic E-state index is 13.9. The number of benzene rings is 2. The number of hydrogen-bond acceptors (Lipinski definition) is 14. The monoisotopic (exact) mass is 1130 g/mol. The number of nitrogens with one attached hydrogen (secondary N) is 4. The van der Waals surface area contributed by atoms with Crippen LogP contribution >= 0.6 is 22.7 Å². The molecule has 2 fully saturated rings. The first-order valence-corrected chi connectivity index (χ1v) is 29.6. The fraction of sp³-hybridized carbons (Fsp3) is 0.593. The third kappa shape index (κ3) is 19.3. The fourth-order valence-electron chi connectivity index (χ4n) is 9.61. The summed E-state index contributed by atoms with van der Waals surface area (Å²) in [5.41, 5.74) is 8.51. The van der Waals surface area contributed by atoms with Gasteiger partial charge in [-0.05, 0) is 105 Å².